The minimum Gasteiger partial charge on any atom is -0.497 e. The lowest BCUT2D eigenvalue weighted by molar-refractivity contribution is -0.138. The lowest BCUT2D eigenvalue weighted by Crippen LogP contribution is -2.52. The van der Waals surface area contributed by atoms with Crippen LogP contribution in [0.5, 0.6) is 17.2 Å². The zero-order chi connectivity index (χ0) is 28.3. The molecule has 2 atom stereocenters. The van der Waals surface area contributed by atoms with Crippen LogP contribution in [0.3, 0.4) is 0 Å². The predicted octanol–water partition coefficient (Wildman–Crippen LogP) is 3.26. The molecule has 40 heavy (non-hydrogen) atoms. The Balaban J connectivity index is 1.42. The first-order valence-electron chi connectivity index (χ1n) is 14.2. The largest absolute Gasteiger partial charge is 0.497 e. The van der Waals surface area contributed by atoms with Crippen LogP contribution in [0.4, 0.5) is 0 Å². The lowest BCUT2D eigenvalue weighted by Gasteiger charge is -2.33. The number of carbonyl (C=O) groups is 2. The molecule has 9 heteroatoms. The van der Waals surface area contributed by atoms with Gasteiger partial charge in [-0.3, -0.25) is 14.5 Å². The van der Waals surface area contributed by atoms with Crippen LogP contribution in [0.2, 0.25) is 0 Å². The Bertz CT molecular complexity index is 1210. The summed E-state index contributed by atoms with van der Waals surface area (Å²) in [5.74, 6) is 2.50. The maximum Gasteiger partial charge on any atom is 0.240 e. The first kappa shape index (κ1) is 28.2. The fourth-order valence-electron chi connectivity index (χ4n) is 5.85. The van der Waals surface area contributed by atoms with Gasteiger partial charge in [0.1, 0.15) is 5.75 Å². The summed E-state index contributed by atoms with van der Waals surface area (Å²) in [6.45, 7) is 11.2. The normalized spacial score (nSPS) is 20.9. The predicted molar refractivity (Wildman–Crippen MR) is 152 cm³/mol. The van der Waals surface area contributed by atoms with Gasteiger partial charge in [-0.1, -0.05) is 39.0 Å². The second kappa shape index (κ2) is 12.1. The third-order valence-electron chi connectivity index (χ3n) is 7.85. The zero-order valence-electron chi connectivity index (χ0n) is 24.2. The van der Waals surface area contributed by atoms with Gasteiger partial charge in [0.05, 0.1) is 13.2 Å². The van der Waals surface area contributed by atoms with E-state index in [0.717, 1.165) is 41.5 Å². The molecule has 0 bridgehead atoms. The molecule has 0 aromatic heterocycles. The molecule has 2 aromatic rings. The van der Waals surface area contributed by atoms with Crippen molar-refractivity contribution in [3.63, 3.8) is 0 Å². The van der Waals surface area contributed by atoms with Crippen LogP contribution in [0.1, 0.15) is 44.7 Å². The Hall–Kier alpha value is -3.30. The van der Waals surface area contributed by atoms with Crippen molar-refractivity contribution in [2.24, 2.45) is 5.41 Å². The third kappa shape index (κ3) is 6.70. The van der Waals surface area contributed by atoms with Crippen molar-refractivity contribution in [1.29, 1.82) is 0 Å². The van der Waals surface area contributed by atoms with Crippen LogP contribution in [-0.2, 0) is 22.7 Å². The molecule has 0 unspecified atom stereocenters. The highest BCUT2D eigenvalue weighted by atomic mass is 16.7. The van der Waals surface area contributed by atoms with E-state index in [9.17, 15) is 9.59 Å². The number of nitrogens with one attached hydrogen (secondary N) is 1. The molecule has 216 valence electrons. The van der Waals surface area contributed by atoms with Crippen molar-refractivity contribution in [2.75, 3.05) is 46.6 Å². The molecular weight excluding hydrogens is 508 g/mol. The molecule has 9 nitrogen and oxygen atoms in total. The molecule has 1 N–H and O–H groups in total. The molecular formula is C31H42N4O5. The van der Waals surface area contributed by atoms with E-state index in [1.807, 2.05) is 52.3 Å². The van der Waals surface area contributed by atoms with Crippen LogP contribution in [0.25, 0.3) is 0 Å². The topological polar surface area (TPSA) is 83.6 Å². The Morgan fingerprint density at radius 1 is 1.05 bits per heavy atom. The van der Waals surface area contributed by atoms with E-state index in [4.69, 9.17) is 14.2 Å². The van der Waals surface area contributed by atoms with Gasteiger partial charge >= 0.3 is 0 Å². The summed E-state index contributed by atoms with van der Waals surface area (Å²) < 4.78 is 16.6. The number of amides is 2. The number of ether oxygens (including phenoxy) is 3. The average molecular weight is 551 g/mol. The summed E-state index contributed by atoms with van der Waals surface area (Å²) in [5.41, 5.74) is 1.93. The van der Waals surface area contributed by atoms with Crippen LogP contribution >= 0.6 is 0 Å². The summed E-state index contributed by atoms with van der Waals surface area (Å²) in [7, 11) is 1.65. The van der Waals surface area contributed by atoms with Gasteiger partial charge in [-0.2, -0.15) is 0 Å². The molecule has 2 saturated heterocycles. The van der Waals surface area contributed by atoms with Crippen molar-refractivity contribution in [2.45, 2.75) is 58.8 Å². The molecule has 2 fully saturated rings. The maximum absolute atomic E-state index is 13.9. The highest BCUT2D eigenvalue weighted by Crippen LogP contribution is 2.35. The number of hydrogen-bond donors (Lipinski definition) is 1. The van der Waals surface area contributed by atoms with Gasteiger partial charge in [0, 0.05) is 58.3 Å². The molecule has 3 aliphatic heterocycles. The van der Waals surface area contributed by atoms with Gasteiger partial charge in [-0.05, 0) is 47.2 Å². The number of methoxy groups -OCH3 is 1. The number of fused-ring (bicyclic) bond motifs is 1. The quantitative estimate of drug-likeness (QED) is 0.540. The Kier molecular flexibility index (Phi) is 8.51. The molecule has 2 amide bonds. The number of likely N-dealkylation sites (tertiary alicyclic amines) is 1. The van der Waals surface area contributed by atoms with Crippen molar-refractivity contribution in [3.8, 4) is 17.2 Å². The minimum atomic E-state index is -0.302. The van der Waals surface area contributed by atoms with E-state index in [1.54, 1.807) is 7.11 Å². The number of rotatable bonds is 8. The highest BCUT2D eigenvalue weighted by molar-refractivity contribution is 5.83. The minimum absolute atomic E-state index is 0.0908. The number of benzene rings is 2. The van der Waals surface area contributed by atoms with Gasteiger partial charge in [-0.15, -0.1) is 0 Å². The van der Waals surface area contributed by atoms with Gasteiger partial charge in [0.15, 0.2) is 11.5 Å². The van der Waals surface area contributed by atoms with Gasteiger partial charge in [-0.25, -0.2) is 0 Å². The molecule has 0 aliphatic carbocycles. The summed E-state index contributed by atoms with van der Waals surface area (Å²) in [6.07, 6.45) is 1.04. The van der Waals surface area contributed by atoms with Crippen LogP contribution in [0, 0.1) is 5.41 Å². The average Bonchev–Trinajstić information content (AvgIpc) is 3.58. The molecule has 0 radical (unpaired) electrons. The second-order valence-electron chi connectivity index (χ2n) is 12.2. The summed E-state index contributed by atoms with van der Waals surface area (Å²) >= 11 is 0. The summed E-state index contributed by atoms with van der Waals surface area (Å²) in [4.78, 5) is 33.9. The van der Waals surface area contributed by atoms with E-state index in [0.29, 0.717) is 45.6 Å². The Morgan fingerprint density at radius 2 is 1.82 bits per heavy atom. The van der Waals surface area contributed by atoms with Crippen LogP contribution < -0.4 is 19.5 Å². The van der Waals surface area contributed by atoms with E-state index < -0.39 is 0 Å². The molecule has 0 spiro atoms. The number of carbonyl (C=O) groups excluding carboxylic acids is 2. The fourth-order valence-corrected chi connectivity index (χ4v) is 5.85. The molecule has 2 aromatic carbocycles. The summed E-state index contributed by atoms with van der Waals surface area (Å²) in [6, 6.07) is 13.5. The third-order valence-corrected chi connectivity index (χ3v) is 7.85. The molecule has 0 saturated carbocycles. The number of piperazine rings is 1. The Labute approximate surface area is 237 Å². The zero-order valence-corrected chi connectivity index (χ0v) is 24.2. The van der Waals surface area contributed by atoms with Crippen molar-refractivity contribution < 1.29 is 23.8 Å². The number of hydrogen-bond acceptors (Lipinski definition) is 7. The van der Waals surface area contributed by atoms with Gasteiger partial charge in [0.2, 0.25) is 18.6 Å². The number of nitrogens with zero attached hydrogens (tertiary/aromatic N) is 3. The molecule has 5 rings (SSSR count). The van der Waals surface area contributed by atoms with Crippen molar-refractivity contribution >= 4 is 11.8 Å². The first-order valence-corrected chi connectivity index (χ1v) is 14.2. The first-order chi connectivity index (χ1) is 19.2. The Morgan fingerprint density at radius 3 is 2.58 bits per heavy atom. The van der Waals surface area contributed by atoms with Crippen molar-refractivity contribution in [1.82, 2.24) is 20.0 Å². The van der Waals surface area contributed by atoms with E-state index in [-0.39, 0.29) is 36.1 Å². The van der Waals surface area contributed by atoms with E-state index in [1.165, 1.54) is 0 Å². The monoisotopic (exact) mass is 550 g/mol. The fraction of sp³-hybridized carbons (Fsp3) is 0.548. The standard InChI is InChI=1S/C31H42N4O5/c1-31(2,3)17-29(36)35(19-22-6-5-7-25(14-22)38-4)24-16-26(30(37)33-12-10-32-11-13-33)34(20-24)18-23-8-9-27-28(15-23)40-21-39-27/h5-9,14-15,24,26,32H,10-13,16-21H2,1-4H3/t24-,26-/m0/s1. The molecule has 3 aliphatic rings. The highest BCUT2D eigenvalue weighted by Gasteiger charge is 2.42. The van der Waals surface area contributed by atoms with Crippen LogP contribution in [-0.4, -0.2) is 85.2 Å². The lowest BCUT2D eigenvalue weighted by atomic mass is 9.91. The van der Waals surface area contributed by atoms with Gasteiger partial charge < -0.3 is 29.3 Å². The SMILES string of the molecule is COc1cccc(CN(C(=O)CC(C)(C)C)[C@H]2C[C@@H](C(=O)N3CCNCC3)N(Cc3ccc4c(c3)OCO4)C2)c1. The maximum atomic E-state index is 13.9. The molecule has 3 heterocycles. The summed E-state index contributed by atoms with van der Waals surface area (Å²) in [5, 5.41) is 3.34. The smallest absolute Gasteiger partial charge is 0.240 e. The van der Waals surface area contributed by atoms with Gasteiger partial charge in [0.25, 0.3) is 0 Å². The van der Waals surface area contributed by atoms with E-state index >= 15 is 0 Å². The van der Waals surface area contributed by atoms with E-state index in [2.05, 4.69) is 31.0 Å². The van der Waals surface area contributed by atoms with Crippen molar-refractivity contribution in [3.05, 3.63) is 53.6 Å². The van der Waals surface area contributed by atoms with Crippen LogP contribution in [0.15, 0.2) is 42.5 Å². The second-order valence-corrected chi connectivity index (χ2v) is 12.2.